The third-order valence-electron chi connectivity index (χ3n) is 2.75. The number of hydrogen-bond donors (Lipinski definition) is 1. The molecule has 96 valence electrons. The molecule has 2 aromatic carbocycles. The van der Waals surface area contributed by atoms with Crippen LogP contribution in [0, 0.1) is 18.8 Å². The molecule has 2 aromatic rings. The van der Waals surface area contributed by atoms with Crippen molar-refractivity contribution in [2.75, 3.05) is 12.8 Å². The van der Waals surface area contributed by atoms with Crippen LogP contribution in [0.3, 0.4) is 0 Å². The number of hydrogen-bond acceptors (Lipinski definition) is 2. The third kappa shape index (κ3) is 3.30. The second-order valence-corrected chi connectivity index (χ2v) is 5.08. The minimum absolute atomic E-state index is 0.681. The smallest absolute Gasteiger partial charge is 0.121 e. The average molecular weight is 316 g/mol. The summed E-state index contributed by atoms with van der Waals surface area (Å²) in [6.45, 7) is 2.00. The molecule has 0 saturated heterocycles. The molecule has 2 N–H and O–H groups in total. The Morgan fingerprint density at radius 2 is 1.89 bits per heavy atom. The number of benzene rings is 2. The zero-order valence-corrected chi connectivity index (χ0v) is 12.4. The van der Waals surface area contributed by atoms with Gasteiger partial charge in [0.05, 0.1) is 7.11 Å². The summed E-state index contributed by atoms with van der Waals surface area (Å²) in [5, 5.41) is 0. The van der Waals surface area contributed by atoms with Crippen LogP contribution in [0.2, 0.25) is 0 Å². The van der Waals surface area contributed by atoms with Crippen molar-refractivity contribution in [3.63, 3.8) is 0 Å². The minimum atomic E-state index is 0.681. The zero-order chi connectivity index (χ0) is 13.8. The molecule has 19 heavy (non-hydrogen) atoms. The van der Waals surface area contributed by atoms with Gasteiger partial charge in [-0.05, 0) is 48.9 Å². The molecule has 0 heterocycles. The Labute approximate surface area is 121 Å². The van der Waals surface area contributed by atoms with E-state index in [2.05, 4.69) is 27.8 Å². The standard InChI is InChI=1S/C16H14BrNO/c1-11-9-12(4-8-16(11)19-2)3-5-13-10-14(17)6-7-15(13)18/h4,6-10H,18H2,1-2H3. The Morgan fingerprint density at radius 3 is 2.58 bits per heavy atom. The molecule has 0 unspecified atom stereocenters. The number of nitrogen functional groups attached to an aromatic ring is 1. The van der Waals surface area contributed by atoms with Crippen LogP contribution in [-0.2, 0) is 0 Å². The zero-order valence-electron chi connectivity index (χ0n) is 10.8. The van der Waals surface area contributed by atoms with Crippen molar-refractivity contribution < 1.29 is 4.74 Å². The number of anilines is 1. The molecule has 0 amide bonds. The van der Waals surface area contributed by atoms with Gasteiger partial charge in [-0.15, -0.1) is 0 Å². The maximum absolute atomic E-state index is 5.89. The molecule has 0 fully saturated rings. The number of nitrogens with two attached hydrogens (primary N) is 1. The van der Waals surface area contributed by atoms with Crippen molar-refractivity contribution in [3.8, 4) is 17.6 Å². The average Bonchev–Trinajstić information content (AvgIpc) is 2.40. The fourth-order valence-corrected chi connectivity index (χ4v) is 2.09. The number of ether oxygens (including phenoxy) is 1. The quantitative estimate of drug-likeness (QED) is 0.642. The predicted molar refractivity (Wildman–Crippen MR) is 82.3 cm³/mol. The van der Waals surface area contributed by atoms with Crippen LogP contribution in [0.25, 0.3) is 0 Å². The van der Waals surface area contributed by atoms with Crippen molar-refractivity contribution >= 4 is 21.6 Å². The maximum Gasteiger partial charge on any atom is 0.121 e. The van der Waals surface area contributed by atoms with Gasteiger partial charge in [0.2, 0.25) is 0 Å². The van der Waals surface area contributed by atoms with E-state index in [4.69, 9.17) is 10.5 Å². The molecule has 0 aromatic heterocycles. The fraction of sp³-hybridized carbons (Fsp3) is 0.125. The van der Waals surface area contributed by atoms with Gasteiger partial charge in [0.1, 0.15) is 5.75 Å². The van der Waals surface area contributed by atoms with Crippen molar-refractivity contribution in [1.29, 1.82) is 0 Å². The SMILES string of the molecule is COc1ccc(C#Cc2cc(Br)ccc2N)cc1C. The van der Waals surface area contributed by atoms with Crippen LogP contribution in [0.5, 0.6) is 5.75 Å². The Morgan fingerprint density at radius 1 is 1.11 bits per heavy atom. The lowest BCUT2D eigenvalue weighted by Gasteiger charge is -2.03. The van der Waals surface area contributed by atoms with E-state index in [1.807, 2.05) is 43.3 Å². The van der Waals surface area contributed by atoms with Gasteiger partial charge in [0, 0.05) is 21.3 Å². The van der Waals surface area contributed by atoms with Crippen molar-refractivity contribution in [2.24, 2.45) is 0 Å². The van der Waals surface area contributed by atoms with Crippen LogP contribution in [0.1, 0.15) is 16.7 Å². The predicted octanol–water partition coefficient (Wildman–Crippen LogP) is 3.75. The number of halogens is 1. The Bertz CT molecular complexity index is 668. The molecule has 2 rings (SSSR count). The highest BCUT2D eigenvalue weighted by Gasteiger charge is 1.99. The largest absolute Gasteiger partial charge is 0.496 e. The molecular formula is C16H14BrNO. The second-order valence-electron chi connectivity index (χ2n) is 4.17. The monoisotopic (exact) mass is 315 g/mol. The Kier molecular flexibility index (Phi) is 4.13. The van der Waals surface area contributed by atoms with E-state index in [9.17, 15) is 0 Å². The summed E-state index contributed by atoms with van der Waals surface area (Å²) in [5.74, 6) is 7.07. The molecule has 2 nitrogen and oxygen atoms in total. The molecule has 0 aliphatic rings. The summed E-state index contributed by atoms with van der Waals surface area (Å²) in [4.78, 5) is 0. The Hall–Kier alpha value is -1.92. The first kappa shape index (κ1) is 13.5. The lowest BCUT2D eigenvalue weighted by molar-refractivity contribution is 0.411. The normalized spacial score (nSPS) is 9.63. The molecule has 0 aliphatic heterocycles. The van der Waals surface area contributed by atoms with Gasteiger partial charge in [-0.3, -0.25) is 0 Å². The highest BCUT2D eigenvalue weighted by molar-refractivity contribution is 9.10. The van der Waals surface area contributed by atoms with Gasteiger partial charge in [0.25, 0.3) is 0 Å². The summed E-state index contributed by atoms with van der Waals surface area (Å²) < 4.78 is 6.19. The summed E-state index contributed by atoms with van der Waals surface area (Å²) in [5.41, 5.74) is 9.40. The van der Waals surface area contributed by atoms with E-state index in [1.165, 1.54) is 0 Å². The van der Waals surface area contributed by atoms with E-state index >= 15 is 0 Å². The van der Waals surface area contributed by atoms with Crippen LogP contribution in [0.15, 0.2) is 40.9 Å². The van der Waals surface area contributed by atoms with E-state index in [-0.39, 0.29) is 0 Å². The van der Waals surface area contributed by atoms with E-state index in [0.717, 1.165) is 26.9 Å². The van der Waals surface area contributed by atoms with E-state index in [0.29, 0.717) is 5.69 Å². The summed E-state index contributed by atoms with van der Waals surface area (Å²) in [7, 11) is 1.66. The summed E-state index contributed by atoms with van der Waals surface area (Å²) in [6, 6.07) is 11.5. The molecule has 0 aliphatic carbocycles. The minimum Gasteiger partial charge on any atom is -0.496 e. The lowest BCUT2D eigenvalue weighted by atomic mass is 10.1. The molecular weight excluding hydrogens is 302 g/mol. The van der Waals surface area contributed by atoms with Gasteiger partial charge in [-0.2, -0.15) is 0 Å². The van der Waals surface area contributed by atoms with Gasteiger partial charge in [0.15, 0.2) is 0 Å². The molecule has 0 radical (unpaired) electrons. The number of methoxy groups -OCH3 is 1. The molecule has 0 bridgehead atoms. The highest BCUT2D eigenvalue weighted by Crippen LogP contribution is 2.19. The van der Waals surface area contributed by atoms with Crippen LogP contribution < -0.4 is 10.5 Å². The first-order chi connectivity index (χ1) is 9.10. The fourth-order valence-electron chi connectivity index (χ4n) is 1.73. The molecule has 0 saturated carbocycles. The van der Waals surface area contributed by atoms with Crippen molar-refractivity contribution in [3.05, 3.63) is 57.6 Å². The third-order valence-corrected chi connectivity index (χ3v) is 3.24. The van der Waals surface area contributed by atoms with E-state index in [1.54, 1.807) is 7.11 Å². The van der Waals surface area contributed by atoms with Gasteiger partial charge in [-0.1, -0.05) is 27.8 Å². The first-order valence-corrected chi connectivity index (χ1v) is 6.61. The van der Waals surface area contributed by atoms with Crippen LogP contribution >= 0.6 is 15.9 Å². The van der Waals surface area contributed by atoms with Crippen LogP contribution in [-0.4, -0.2) is 7.11 Å². The topological polar surface area (TPSA) is 35.2 Å². The molecule has 3 heteroatoms. The second kappa shape index (κ2) is 5.81. The number of aryl methyl sites for hydroxylation is 1. The van der Waals surface area contributed by atoms with E-state index < -0.39 is 0 Å². The summed E-state index contributed by atoms with van der Waals surface area (Å²) in [6.07, 6.45) is 0. The molecule has 0 spiro atoms. The van der Waals surface area contributed by atoms with Gasteiger partial charge < -0.3 is 10.5 Å². The van der Waals surface area contributed by atoms with Crippen molar-refractivity contribution in [1.82, 2.24) is 0 Å². The molecule has 0 atom stereocenters. The highest BCUT2D eigenvalue weighted by atomic mass is 79.9. The van der Waals surface area contributed by atoms with Crippen LogP contribution in [0.4, 0.5) is 5.69 Å². The number of rotatable bonds is 1. The first-order valence-electron chi connectivity index (χ1n) is 5.82. The summed E-state index contributed by atoms with van der Waals surface area (Å²) >= 11 is 3.41. The van der Waals surface area contributed by atoms with Crippen molar-refractivity contribution in [2.45, 2.75) is 6.92 Å². The van der Waals surface area contributed by atoms with Gasteiger partial charge in [-0.25, -0.2) is 0 Å². The lowest BCUT2D eigenvalue weighted by Crippen LogP contribution is -1.90. The van der Waals surface area contributed by atoms with Gasteiger partial charge >= 0.3 is 0 Å². The Balaban J connectivity index is 2.34. The maximum atomic E-state index is 5.89.